The zero-order valence-corrected chi connectivity index (χ0v) is 12.2. The summed E-state index contributed by atoms with van der Waals surface area (Å²) in [7, 11) is 1.45. The van der Waals surface area contributed by atoms with Crippen LogP contribution in [0.3, 0.4) is 0 Å². The quantitative estimate of drug-likeness (QED) is 0.764. The molecule has 1 aromatic carbocycles. The van der Waals surface area contributed by atoms with Crippen molar-refractivity contribution in [3.8, 4) is 0 Å². The van der Waals surface area contributed by atoms with Crippen LogP contribution in [0.2, 0.25) is 0 Å². The Kier molecular flexibility index (Phi) is 5.69. The van der Waals surface area contributed by atoms with Gasteiger partial charge in [0.1, 0.15) is 0 Å². The topological polar surface area (TPSA) is 26.3 Å². The summed E-state index contributed by atoms with van der Waals surface area (Å²) >= 11 is 3.40. The van der Waals surface area contributed by atoms with Gasteiger partial charge < -0.3 is 4.74 Å². The third kappa shape index (κ3) is 3.84. The van der Waals surface area contributed by atoms with E-state index in [1.807, 2.05) is 24.3 Å². The fourth-order valence-electron chi connectivity index (χ4n) is 2.12. The second kappa shape index (κ2) is 6.80. The van der Waals surface area contributed by atoms with E-state index >= 15 is 0 Å². The van der Waals surface area contributed by atoms with Crippen molar-refractivity contribution in [2.24, 2.45) is 5.92 Å². The first-order chi connectivity index (χ1) is 8.10. The molecule has 0 amide bonds. The predicted octanol–water partition coefficient (Wildman–Crippen LogP) is 4.14. The van der Waals surface area contributed by atoms with Gasteiger partial charge in [-0.15, -0.1) is 0 Å². The van der Waals surface area contributed by atoms with Crippen molar-refractivity contribution in [1.82, 2.24) is 0 Å². The Morgan fingerprint density at radius 2 is 1.94 bits per heavy atom. The van der Waals surface area contributed by atoms with Crippen LogP contribution in [0.4, 0.5) is 0 Å². The number of methoxy groups -OCH3 is 1. The molecule has 0 saturated carbocycles. The lowest BCUT2D eigenvalue weighted by molar-refractivity contribution is -0.143. The maximum atomic E-state index is 11.9. The van der Waals surface area contributed by atoms with Crippen LogP contribution in [0.25, 0.3) is 0 Å². The minimum atomic E-state index is -0.159. The van der Waals surface area contributed by atoms with Crippen LogP contribution < -0.4 is 0 Å². The van der Waals surface area contributed by atoms with Crippen molar-refractivity contribution < 1.29 is 9.53 Å². The van der Waals surface area contributed by atoms with Crippen molar-refractivity contribution in [2.75, 3.05) is 7.11 Å². The third-order valence-electron chi connectivity index (χ3n) is 3.00. The van der Waals surface area contributed by atoms with E-state index in [1.54, 1.807) is 0 Å². The van der Waals surface area contributed by atoms with E-state index < -0.39 is 0 Å². The van der Waals surface area contributed by atoms with Gasteiger partial charge in [-0.25, -0.2) is 0 Å². The zero-order valence-electron chi connectivity index (χ0n) is 10.6. The number of benzene rings is 1. The molecule has 0 fully saturated rings. The van der Waals surface area contributed by atoms with Crippen molar-refractivity contribution in [3.63, 3.8) is 0 Å². The summed E-state index contributed by atoms with van der Waals surface area (Å²) in [4.78, 5) is 11.9. The Labute approximate surface area is 111 Å². The van der Waals surface area contributed by atoms with Gasteiger partial charge in [0, 0.05) is 4.47 Å². The van der Waals surface area contributed by atoms with E-state index in [-0.39, 0.29) is 11.9 Å². The van der Waals surface area contributed by atoms with Crippen LogP contribution in [0.1, 0.15) is 38.2 Å². The lowest BCUT2D eigenvalue weighted by Gasteiger charge is -2.21. The molecule has 94 valence electrons. The van der Waals surface area contributed by atoms with E-state index in [0.717, 1.165) is 22.9 Å². The molecule has 0 saturated heterocycles. The highest BCUT2D eigenvalue weighted by atomic mass is 79.9. The molecule has 17 heavy (non-hydrogen) atoms. The minimum Gasteiger partial charge on any atom is -0.469 e. The van der Waals surface area contributed by atoms with Gasteiger partial charge in [0.25, 0.3) is 0 Å². The van der Waals surface area contributed by atoms with Crippen LogP contribution in [-0.2, 0) is 9.53 Å². The normalized spacial score (nSPS) is 14.1. The molecule has 0 N–H and O–H groups in total. The second-order valence-electron chi connectivity index (χ2n) is 4.32. The highest BCUT2D eigenvalue weighted by molar-refractivity contribution is 9.10. The van der Waals surface area contributed by atoms with E-state index in [0.29, 0.717) is 5.92 Å². The Morgan fingerprint density at radius 3 is 2.41 bits per heavy atom. The first-order valence-electron chi connectivity index (χ1n) is 5.93. The van der Waals surface area contributed by atoms with Crippen LogP contribution in [-0.4, -0.2) is 13.1 Å². The maximum absolute atomic E-state index is 11.9. The van der Waals surface area contributed by atoms with Crippen LogP contribution >= 0.6 is 15.9 Å². The third-order valence-corrected chi connectivity index (χ3v) is 3.53. The van der Waals surface area contributed by atoms with Gasteiger partial charge >= 0.3 is 5.97 Å². The lowest BCUT2D eigenvalue weighted by atomic mass is 9.84. The highest BCUT2D eigenvalue weighted by Gasteiger charge is 2.26. The molecule has 0 radical (unpaired) electrons. The Hall–Kier alpha value is -0.830. The van der Waals surface area contributed by atoms with Gasteiger partial charge in [0.2, 0.25) is 0 Å². The number of carbonyl (C=O) groups excluding carboxylic acids is 1. The number of hydrogen-bond donors (Lipinski definition) is 0. The summed E-state index contributed by atoms with van der Waals surface area (Å²) in [5.74, 6) is -0.00468. The summed E-state index contributed by atoms with van der Waals surface area (Å²) in [5.41, 5.74) is 1.03. The lowest BCUT2D eigenvalue weighted by Crippen LogP contribution is -2.21. The molecule has 2 nitrogen and oxygen atoms in total. The van der Waals surface area contributed by atoms with Gasteiger partial charge in [-0.05, 0) is 30.0 Å². The summed E-state index contributed by atoms with van der Waals surface area (Å²) in [6.07, 6.45) is 2.10. The van der Waals surface area contributed by atoms with Crippen molar-refractivity contribution in [2.45, 2.75) is 32.6 Å². The van der Waals surface area contributed by atoms with E-state index in [1.165, 1.54) is 7.11 Å². The van der Waals surface area contributed by atoms with Crippen LogP contribution in [0.5, 0.6) is 0 Å². The van der Waals surface area contributed by atoms with E-state index in [2.05, 4.69) is 29.8 Å². The van der Waals surface area contributed by atoms with Crippen molar-refractivity contribution in [1.29, 1.82) is 0 Å². The number of ether oxygens (including phenoxy) is 1. The average molecular weight is 299 g/mol. The number of hydrogen-bond acceptors (Lipinski definition) is 2. The van der Waals surface area contributed by atoms with Gasteiger partial charge in [0.05, 0.1) is 13.0 Å². The molecule has 1 aromatic rings. The Morgan fingerprint density at radius 1 is 1.35 bits per heavy atom. The highest BCUT2D eigenvalue weighted by Crippen LogP contribution is 2.30. The Balaban J connectivity index is 2.97. The molecule has 2 atom stereocenters. The van der Waals surface area contributed by atoms with Crippen molar-refractivity contribution in [3.05, 3.63) is 34.3 Å². The summed E-state index contributed by atoms with van der Waals surface area (Å²) in [6, 6.07) is 7.89. The first-order valence-corrected chi connectivity index (χ1v) is 6.72. The van der Waals surface area contributed by atoms with Crippen molar-refractivity contribution >= 4 is 21.9 Å². The number of halogens is 1. The number of rotatable bonds is 5. The molecule has 1 rings (SSSR count). The molecule has 0 aliphatic carbocycles. The maximum Gasteiger partial charge on any atom is 0.313 e. The minimum absolute atomic E-state index is 0.145. The smallest absolute Gasteiger partial charge is 0.313 e. The summed E-state index contributed by atoms with van der Waals surface area (Å²) < 4.78 is 5.94. The fraction of sp³-hybridized carbons (Fsp3) is 0.500. The van der Waals surface area contributed by atoms with E-state index in [9.17, 15) is 4.79 Å². The Bertz CT molecular complexity index is 359. The molecule has 0 heterocycles. The average Bonchev–Trinajstić information content (AvgIpc) is 2.32. The van der Waals surface area contributed by atoms with Gasteiger partial charge in [-0.1, -0.05) is 48.3 Å². The fourth-order valence-corrected chi connectivity index (χ4v) is 2.38. The molecular formula is C14H19BrO2. The molecule has 0 aliphatic heterocycles. The monoisotopic (exact) mass is 298 g/mol. The number of esters is 1. The van der Waals surface area contributed by atoms with Gasteiger partial charge in [-0.3, -0.25) is 4.79 Å². The molecule has 0 aliphatic rings. The summed E-state index contributed by atoms with van der Waals surface area (Å²) in [6.45, 7) is 4.24. The van der Waals surface area contributed by atoms with Gasteiger partial charge in [-0.2, -0.15) is 0 Å². The SMILES string of the molecule is CCC[C@@H](C)[C@H](C(=O)OC)c1ccc(Br)cc1. The summed E-state index contributed by atoms with van der Waals surface area (Å²) in [5, 5.41) is 0. The number of carbonyl (C=O) groups is 1. The van der Waals surface area contributed by atoms with Crippen LogP contribution in [0.15, 0.2) is 28.7 Å². The molecule has 0 spiro atoms. The molecule has 0 unspecified atom stereocenters. The predicted molar refractivity (Wildman–Crippen MR) is 73.0 cm³/mol. The van der Waals surface area contributed by atoms with Crippen LogP contribution in [0, 0.1) is 5.92 Å². The first kappa shape index (κ1) is 14.2. The largest absolute Gasteiger partial charge is 0.469 e. The zero-order chi connectivity index (χ0) is 12.8. The molecule has 3 heteroatoms. The van der Waals surface area contributed by atoms with E-state index in [4.69, 9.17) is 4.74 Å². The van der Waals surface area contributed by atoms with Gasteiger partial charge in [0.15, 0.2) is 0 Å². The molecule has 0 aromatic heterocycles. The standard InChI is InChI=1S/C14H19BrO2/c1-4-5-10(2)13(14(16)17-3)11-6-8-12(15)9-7-11/h6-10,13H,4-5H2,1-3H3/t10-,13+/m1/s1. The molecule has 0 bridgehead atoms. The molecular weight excluding hydrogens is 280 g/mol. The second-order valence-corrected chi connectivity index (χ2v) is 5.23.